The number of carbonyl (C=O) groups excluding carboxylic acids is 1. The molecule has 19 heavy (non-hydrogen) atoms. The second-order valence-electron chi connectivity index (χ2n) is 4.81. The molecule has 0 radical (unpaired) electrons. The van der Waals surface area contributed by atoms with Crippen LogP contribution in [0, 0.1) is 5.92 Å². The number of carboxylic acids is 2. The Morgan fingerprint density at radius 2 is 2.05 bits per heavy atom. The van der Waals surface area contributed by atoms with Gasteiger partial charge in [0.05, 0.1) is 0 Å². The zero-order chi connectivity index (χ0) is 14.3. The minimum atomic E-state index is -1.20. The summed E-state index contributed by atoms with van der Waals surface area (Å²) in [5.41, 5.74) is 0. The molecule has 1 rings (SSSR count). The van der Waals surface area contributed by atoms with Crippen molar-refractivity contribution < 1.29 is 24.6 Å². The van der Waals surface area contributed by atoms with Gasteiger partial charge in [-0.15, -0.1) is 0 Å². The topological polar surface area (TPSA) is 116 Å². The van der Waals surface area contributed by atoms with Crippen LogP contribution in [0.25, 0.3) is 0 Å². The van der Waals surface area contributed by atoms with Crippen LogP contribution in [0.15, 0.2) is 0 Å². The maximum Gasteiger partial charge on any atom is 0.326 e. The molecule has 1 aliphatic heterocycles. The monoisotopic (exact) mass is 272 g/mol. The average Bonchev–Trinajstić information content (AvgIpc) is 2.35. The van der Waals surface area contributed by atoms with Gasteiger partial charge in [-0.2, -0.15) is 0 Å². The lowest BCUT2D eigenvalue weighted by atomic mass is 9.95. The second kappa shape index (κ2) is 7.73. The molecule has 1 heterocycles. The number of piperidine rings is 1. The number of nitrogens with one attached hydrogen (secondary N) is 2. The van der Waals surface area contributed by atoms with E-state index in [1.54, 1.807) is 0 Å². The third kappa shape index (κ3) is 6.19. The van der Waals surface area contributed by atoms with E-state index in [1.165, 1.54) is 0 Å². The molecular formula is C12H20N2O5. The number of carboxylic acid groups (broad SMARTS) is 2. The summed E-state index contributed by atoms with van der Waals surface area (Å²) in [5, 5.41) is 23.0. The van der Waals surface area contributed by atoms with Gasteiger partial charge in [0.25, 0.3) is 0 Å². The summed E-state index contributed by atoms with van der Waals surface area (Å²) in [4.78, 5) is 33.1. The fourth-order valence-corrected chi connectivity index (χ4v) is 2.14. The van der Waals surface area contributed by atoms with E-state index in [1.807, 2.05) is 0 Å². The standard InChI is InChI=1S/C12H20N2O5/c15-10(6-8-2-1-5-13-7-8)14-9(12(18)19)3-4-11(16)17/h8-9,13H,1-7H2,(H,14,15)(H,16,17)(H,18,19)/t8?,9-/m0/s1. The number of amides is 1. The summed E-state index contributed by atoms with van der Waals surface area (Å²) in [5.74, 6) is -2.37. The molecular weight excluding hydrogens is 252 g/mol. The molecule has 1 amide bonds. The summed E-state index contributed by atoms with van der Waals surface area (Å²) in [6.07, 6.45) is 1.87. The van der Waals surface area contributed by atoms with Crippen LogP contribution < -0.4 is 10.6 Å². The molecule has 1 saturated heterocycles. The van der Waals surface area contributed by atoms with Gasteiger partial charge in [-0.1, -0.05) is 0 Å². The van der Waals surface area contributed by atoms with Crippen LogP contribution in [-0.2, 0) is 14.4 Å². The first kappa shape index (κ1) is 15.4. The van der Waals surface area contributed by atoms with Gasteiger partial charge in [-0.05, 0) is 38.3 Å². The number of carbonyl (C=O) groups is 3. The number of hydrogen-bond donors (Lipinski definition) is 4. The van der Waals surface area contributed by atoms with Crippen molar-refractivity contribution in [2.75, 3.05) is 13.1 Å². The predicted molar refractivity (Wildman–Crippen MR) is 66.6 cm³/mol. The van der Waals surface area contributed by atoms with E-state index in [4.69, 9.17) is 10.2 Å². The van der Waals surface area contributed by atoms with Crippen LogP contribution in [0.1, 0.15) is 32.1 Å². The predicted octanol–water partition coefficient (Wildman–Crippen LogP) is -0.190. The highest BCUT2D eigenvalue weighted by atomic mass is 16.4. The van der Waals surface area contributed by atoms with Crippen molar-refractivity contribution in [1.82, 2.24) is 10.6 Å². The smallest absolute Gasteiger partial charge is 0.326 e. The molecule has 4 N–H and O–H groups in total. The molecule has 0 saturated carbocycles. The van der Waals surface area contributed by atoms with E-state index in [9.17, 15) is 14.4 Å². The Balaban J connectivity index is 2.37. The van der Waals surface area contributed by atoms with Gasteiger partial charge in [0.15, 0.2) is 0 Å². The van der Waals surface area contributed by atoms with Crippen molar-refractivity contribution in [3.05, 3.63) is 0 Å². The van der Waals surface area contributed by atoms with Gasteiger partial charge < -0.3 is 20.8 Å². The third-order valence-electron chi connectivity index (χ3n) is 3.15. The normalized spacial score (nSPS) is 20.5. The zero-order valence-electron chi connectivity index (χ0n) is 10.7. The molecule has 0 aliphatic carbocycles. The first-order valence-corrected chi connectivity index (χ1v) is 6.43. The van der Waals surface area contributed by atoms with Crippen molar-refractivity contribution in [2.45, 2.75) is 38.1 Å². The SMILES string of the molecule is O=C(O)CC[C@H](NC(=O)CC1CCCNC1)C(=O)O. The van der Waals surface area contributed by atoms with Crippen LogP contribution >= 0.6 is 0 Å². The Morgan fingerprint density at radius 1 is 1.32 bits per heavy atom. The molecule has 1 unspecified atom stereocenters. The van der Waals surface area contributed by atoms with Crippen LogP contribution in [0.3, 0.4) is 0 Å². The first-order chi connectivity index (χ1) is 8.99. The van der Waals surface area contributed by atoms with Crippen LogP contribution in [0.2, 0.25) is 0 Å². The zero-order valence-corrected chi connectivity index (χ0v) is 10.7. The van der Waals surface area contributed by atoms with E-state index >= 15 is 0 Å². The van der Waals surface area contributed by atoms with Gasteiger partial charge in [0.1, 0.15) is 6.04 Å². The number of rotatable bonds is 7. The Morgan fingerprint density at radius 3 is 2.58 bits per heavy atom. The molecule has 1 aliphatic rings. The summed E-state index contributed by atoms with van der Waals surface area (Å²) >= 11 is 0. The van der Waals surface area contributed by atoms with Crippen molar-refractivity contribution in [1.29, 1.82) is 0 Å². The molecule has 0 aromatic heterocycles. The summed E-state index contributed by atoms with van der Waals surface area (Å²) in [7, 11) is 0. The Labute approximate surface area is 111 Å². The number of aliphatic carboxylic acids is 2. The molecule has 108 valence electrons. The Kier molecular flexibility index (Phi) is 6.27. The van der Waals surface area contributed by atoms with Gasteiger partial charge >= 0.3 is 11.9 Å². The molecule has 1 fully saturated rings. The first-order valence-electron chi connectivity index (χ1n) is 6.43. The molecule has 7 nitrogen and oxygen atoms in total. The third-order valence-corrected chi connectivity index (χ3v) is 3.15. The highest BCUT2D eigenvalue weighted by molar-refractivity contribution is 5.84. The lowest BCUT2D eigenvalue weighted by Crippen LogP contribution is -2.42. The largest absolute Gasteiger partial charge is 0.481 e. The minimum Gasteiger partial charge on any atom is -0.481 e. The van der Waals surface area contributed by atoms with E-state index in [-0.39, 0.29) is 31.1 Å². The molecule has 2 atom stereocenters. The molecule has 0 bridgehead atoms. The maximum atomic E-state index is 11.7. The second-order valence-corrected chi connectivity index (χ2v) is 4.81. The van der Waals surface area contributed by atoms with Crippen molar-refractivity contribution in [3.63, 3.8) is 0 Å². The van der Waals surface area contributed by atoms with Gasteiger partial charge in [0, 0.05) is 12.8 Å². The Bertz CT molecular complexity index is 339. The summed E-state index contributed by atoms with van der Waals surface area (Å²) in [6, 6.07) is -1.12. The quantitative estimate of drug-likeness (QED) is 0.510. The van der Waals surface area contributed by atoms with Gasteiger partial charge in [-0.25, -0.2) is 4.79 Å². The molecule has 0 aromatic rings. The van der Waals surface area contributed by atoms with Crippen LogP contribution in [-0.4, -0.2) is 47.2 Å². The van der Waals surface area contributed by atoms with Crippen molar-refractivity contribution >= 4 is 17.8 Å². The van der Waals surface area contributed by atoms with Crippen molar-refractivity contribution in [3.8, 4) is 0 Å². The van der Waals surface area contributed by atoms with Crippen LogP contribution in [0.5, 0.6) is 0 Å². The van der Waals surface area contributed by atoms with E-state index in [0.29, 0.717) is 0 Å². The Hall–Kier alpha value is -1.63. The molecule has 0 aromatic carbocycles. The fraction of sp³-hybridized carbons (Fsp3) is 0.750. The number of hydrogen-bond acceptors (Lipinski definition) is 4. The summed E-state index contributed by atoms with van der Waals surface area (Å²) < 4.78 is 0. The summed E-state index contributed by atoms with van der Waals surface area (Å²) in [6.45, 7) is 1.72. The fourth-order valence-electron chi connectivity index (χ4n) is 2.14. The highest BCUT2D eigenvalue weighted by Crippen LogP contribution is 2.14. The van der Waals surface area contributed by atoms with E-state index < -0.39 is 18.0 Å². The van der Waals surface area contributed by atoms with E-state index in [0.717, 1.165) is 25.9 Å². The van der Waals surface area contributed by atoms with Crippen LogP contribution in [0.4, 0.5) is 0 Å². The van der Waals surface area contributed by atoms with Gasteiger partial charge in [0.2, 0.25) is 5.91 Å². The van der Waals surface area contributed by atoms with Gasteiger partial charge in [-0.3, -0.25) is 9.59 Å². The van der Waals surface area contributed by atoms with E-state index in [2.05, 4.69) is 10.6 Å². The highest BCUT2D eigenvalue weighted by Gasteiger charge is 2.23. The maximum absolute atomic E-state index is 11.7. The average molecular weight is 272 g/mol. The molecule has 0 spiro atoms. The molecule has 7 heteroatoms. The minimum absolute atomic E-state index is 0.0979. The van der Waals surface area contributed by atoms with Crippen molar-refractivity contribution in [2.24, 2.45) is 5.92 Å². The lowest BCUT2D eigenvalue weighted by Gasteiger charge is -2.23. The lowest BCUT2D eigenvalue weighted by molar-refractivity contribution is -0.143.